The van der Waals surface area contributed by atoms with E-state index in [1.54, 1.807) is 0 Å². The molecule has 102 valence electrons. The Morgan fingerprint density at radius 3 is 2.50 bits per heavy atom. The molecule has 1 aromatic carbocycles. The summed E-state index contributed by atoms with van der Waals surface area (Å²) >= 11 is 3.62. The molecule has 1 nitrogen and oxygen atoms in total. The first-order valence-corrected chi connectivity index (χ1v) is 7.95. The van der Waals surface area contributed by atoms with Crippen LogP contribution in [0, 0.1) is 0 Å². The van der Waals surface area contributed by atoms with E-state index in [1.807, 2.05) is 0 Å². The Balaban J connectivity index is 2.35. The first-order chi connectivity index (χ1) is 8.65. The van der Waals surface area contributed by atoms with Crippen LogP contribution in [-0.4, -0.2) is 6.04 Å². The summed E-state index contributed by atoms with van der Waals surface area (Å²) in [5, 5.41) is 3.68. The second-order valence-corrected chi connectivity index (χ2v) is 6.01. The highest BCUT2D eigenvalue weighted by atomic mass is 79.9. The van der Waals surface area contributed by atoms with Crippen molar-refractivity contribution in [3.05, 3.63) is 34.3 Å². The van der Waals surface area contributed by atoms with Crippen molar-refractivity contribution in [1.82, 2.24) is 5.32 Å². The summed E-state index contributed by atoms with van der Waals surface area (Å²) in [7, 11) is 0. The van der Waals surface area contributed by atoms with Crippen molar-refractivity contribution in [2.45, 2.75) is 65.0 Å². The molecule has 2 heteroatoms. The normalized spacial score (nSPS) is 14.4. The number of rotatable bonds is 8. The van der Waals surface area contributed by atoms with Crippen molar-refractivity contribution in [1.29, 1.82) is 0 Å². The smallest absolute Gasteiger partial charge is 0.0305 e. The second-order valence-electron chi connectivity index (χ2n) is 5.16. The maximum Gasteiger partial charge on any atom is 0.0305 e. The Morgan fingerprint density at radius 1 is 1.11 bits per heavy atom. The summed E-state index contributed by atoms with van der Waals surface area (Å²) in [6, 6.07) is 9.45. The highest BCUT2D eigenvalue weighted by Gasteiger charge is 2.11. The van der Waals surface area contributed by atoms with E-state index in [1.165, 1.54) is 42.1 Å². The second kappa shape index (κ2) is 8.71. The van der Waals surface area contributed by atoms with E-state index in [9.17, 15) is 0 Å². The van der Waals surface area contributed by atoms with Crippen molar-refractivity contribution in [3.63, 3.8) is 0 Å². The van der Waals surface area contributed by atoms with Crippen molar-refractivity contribution < 1.29 is 0 Å². The van der Waals surface area contributed by atoms with Gasteiger partial charge in [-0.1, -0.05) is 66.7 Å². The van der Waals surface area contributed by atoms with Crippen LogP contribution in [0.1, 0.15) is 64.5 Å². The van der Waals surface area contributed by atoms with E-state index in [2.05, 4.69) is 66.3 Å². The van der Waals surface area contributed by atoms with E-state index < -0.39 is 0 Å². The highest BCUT2D eigenvalue weighted by molar-refractivity contribution is 9.10. The van der Waals surface area contributed by atoms with Gasteiger partial charge in [0, 0.05) is 16.6 Å². The molecule has 0 saturated carbocycles. The zero-order valence-corrected chi connectivity index (χ0v) is 13.5. The number of hydrogen-bond donors (Lipinski definition) is 1. The van der Waals surface area contributed by atoms with Crippen LogP contribution in [0.3, 0.4) is 0 Å². The van der Waals surface area contributed by atoms with Gasteiger partial charge in [0.15, 0.2) is 0 Å². The third-order valence-corrected chi connectivity index (χ3v) is 4.12. The summed E-state index contributed by atoms with van der Waals surface area (Å²) in [6.07, 6.45) is 6.66. The van der Waals surface area contributed by atoms with E-state index in [0.717, 1.165) is 0 Å². The van der Waals surface area contributed by atoms with Crippen LogP contribution in [0.15, 0.2) is 28.7 Å². The molecule has 0 bridgehead atoms. The van der Waals surface area contributed by atoms with Crippen molar-refractivity contribution in [3.8, 4) is 0 Å². The van der Waals surface area contributed by atoms with Crippen molar-refractivity contribution in [2.24, 2.45) is 0 Å². The zero-order chi connectivity index (χ0) is 13.4. The van der Waals surface area contributed by atoms with Gasteiger partial charge in [0.25, 0.3) is 0 Å². The minimum absolute atomic E-state index is 0.404. The molecule has 0 fully saturated rings. The monoisotopic (exact) mass is 311 g/mol. The Labute approximate surface area is 120 Å². The first-order valence-electron chi connectivity index (χ1n) is 7.15. The summed E-state index contributed by atoms with van der Waals surface area (Å²) in [5.74, 6) is 0. The highest BCUT2D eigenvalue weighted by Crippen LogP contribution is 2.23. The zero-order valence-electron chi connectivity index (χ0n) is 11.9. The van der Waals surface area contributed by atoms with Gasteiger partial charge in [0.1, 0.15) is 0 Å². The quantitative estimate of drug-likeness (QED) is 0.629. The lowest BCUT2D eigenvalue weighted by molar-refractivity contribution is 0.437. The Morgan fingerprint density at radius 2 is 1.83 bits per heavy atom. The maximum absolute atomic E-state index is 3.68. The Hall–Kier alpha value is -0.340. The Bertz CT molecular complexity index is 338. The van der Waals surface area contributed by atoms with Crippen LogP contribution >= 0.6 is 15.9 Å². The number of hydrogen-bond acceptors (Lipinski definition) is 1. The van der Waals surface area contributed by atoms with Crippen molar-refractivity contribution in [2.75, 3.05) is 0 Å². The van der Waals surface area contributed by atoms with E-state index in [-0.39, 0.29) is 0 Å². The van der Waals surface area contributed by atoms with Crippen LogP contribution in [0.4, 0.5) is 0 Å². The number of benzene rings is 1. The molecule has 1 unspecified atom stereocenters. The average Bonchev–Trinajstić information content (AvgIpc) is 2.35. The fraction of sp³-hybridized carbons (Fsp3) is 0.625. The fourth-order valence-corrected chi connectivity index (χ4v) is 2.93. The van der Waals surface area contributed by atoms with E-state index >= 15 is 0 Å². The van der Waals surface area contributed by atoms with Gasteiger partial charge in [-0.15, -0.1) is 0 Å². The summed E-state index contributed by atoms with van der Waals surface area (Å²) in [4.78, 5) is 0. The van der Waals surface area contributed by atoms with Crippen LogP contribution in [0.5, 0.6) is 0 Å². The van der Waals surface area contributed by atoms with Crippen molar-refractivity contribution >= 4 is 15.9 Å². The molecule has 0 radical (unpaired) electrons. The number of halogens is 1. The maximum atomic E-state index is 3.68. The van der Waals surface area contributed by atoms with Gasteiger partial charge in [-0.2, -0.15) is 0 Å². The SMILES string of the molecule is CCCCCCC(C)N[C@H](C)c1ccccc1Br. The third kappa shape index (κ3) is 5.53. The van der Waals surface area contributed by atoms with Crippen LogP contribution in [-0.2, 0) is 0 Å². The topological polar surface area (TPSA) is 12.0 Å². The first kappa shape index (κ1) is 15.7. The van der Waals surface area contributed by atoms with Crippen LogP contribution in [0.25, 0.3) is 0 Å². The van der Waals surface area contributed by atoms with Gasteiger partial charge >= 0.3 is 0 Å². The molecule has 2 atom stereocenters. The minimum Gasteiger partial charge on any atom is -0.308 e. The molecule has 0 amide bonds. The minimum atomic E-state index is 0.404. The van der Waals surface area contributed by atoms with Crippen LogP contribution in [0.2, 0.25) is 0 Å². The molecule has 0 heterocycles. The van der Waals surface area contributed by atoms with Gasteiger partial charge in [-0.3, -0.25) is 0 Å². The molecule has 1 aromatic rings. The molecule has 0 aliphatic heterocycles. The predicted molar refractivity (Wildman–Crippen MR) is 83.9 cm³/mol. The molecule has 1 rings (SSSR count). The standard InChI is InChI=1S/C16H26BrN/c1-4-5-6-7-10-13(2)18-14(3)15-11-8-9-12-16(15)17/h8-9,11-14,18H,4-7,10H2,1-3H3/t13?,14-/m1/s1. The summed E-state index contributed by atoms with van der Waals surface area (Å²) in [6.45, 7) is 6.79. The molecular weight excluding hydrogens is 286 g/mol. The molecule has 0 saturated heterocycles. The fourth-order valence-electron chi connectivity index (χ4n) is 2.30. The lowest BCUT2D eigenvalue weighted by Gasteiger charge is -2.21. The van der Waals surface area contributed by atoms with Gasteiger partial charge < -0.3 is 5.32 Å². The van der Waals surface area contributed by atoms with E-state index in [4.69, 9.17) is 0 Å². The van der Waals surface area contributed by atoms with E-state index in [0.29, 0.717) is 12.1 Å². The van der Waals surface area contributed by atoms with Gasteiger partial charge in [0.2, 0.25) is 0 Å². The molecule has 1 N–H and O–H groups in total. The molecule has 0 aliphatic rings. The summed E-state index contributed by atoms with van der Waals surface area (Å²) in [5.41, 5.74) is 1.35. The lowest BCUT2D eigenvalue weighted by atomic mass is 10.0. The Kier molecular flexibility index (Phi) is 7.60. The van der Waals surface area contributed by atoms with Gasteiger partial charge in [-0.25, -0.2) is 0 Å². The van der Waals surface area contributed by atoms with Gasteiger partial charge in [-0.05, 0) is 31.9 Å². The third-order valence-electron chi connectivity index (χ3n) is 3.40. The van der Waals surface area contributed by atoms with Gasteiger partial charge in [0.05, 0.1) is 0 Å². The molecule has 0 aliphatic carbocycles. The number of unbranched alkanes of at least 4 members (excludes halogenated alkanes) is 3. The average molecular weight is 312 g/mol. The summed E-state index contributed by atoms with van der Waals surface area (Å²) < 4.78 is 1.20. The molecular formula is C16H26BrN. The predicted octanol–water partition coefficient (Wildman–Crippen LogP) is 5.46. The molecule has 0 spiro atoms. The largest absolute Gasteiger partial charge is 0.308 e. The molecule has 0 aromatic heterocycles. The number of nitrogens with one attached hydrogen (secondary N) is 1. The lowest BCUT2D eigenvalue weighted by Crippen LogP contribution is -2.29. The van der Waals surface area contributed by atoms with Crippen LogP contribution < -0.4 is 5.32 Å². The molecule has 18 heavy (non-hydrogen) atoms.